The number of nitrogen functional groups attached to an aromatic ring is 1. The van der Waals surface area contributed by atoms with E-state index in [0.29, 0.717) is 5.69 Å². The van der Waals surface area contributed by atoms with Crippen LogP contribution in [0.1, 0.15) is 33.9 Å². The number of hydrogen-bond donors (Lipinski definition) is 1. The van der Waals surface area contributed by atoms with E-state index >= 15 is 0 Å². The summed E-state index contributed by atoms with van der Waals surface area (Å²) in [5.41, 5.74) is 4.49. The molecule has 158 valence electrons. The smallest absolute Gasteiger partial charge is 0.351 e. The molecule has 30 heavy (non-hydrogen) atoms. The number of carbonyl (C=O) groups excluding carboxylic acids is 2. The van der Waals surface area contributed by atoms with Crippen molar-refractivity contribution in [2.45, 2.75) is 20.4 Å². The maximum absolute atomic E-state index is 12.7. The van der Waals surface area contributed by atoms with Gasteiger partial charge in [-0.2, -0.15) is 4.68 Å². The van der Waals surface area contributed by atoms with Crippen molar-refractivity contribution < 1.29 is 14.3 Å². The summed E-state index contributed by atoms with van der Waals surface area (Å²) in [6.07, 6.45) is 1.31. The molecule has 0 radical (unpaired) electrons. The van der Waals surface area contributed by atoms with Gasteiger partial charge in [0, 0.05) is 13.6 Å². The van der Waals surface area contributed by atoms with Crippen molar-refractivity contribution in [3.05, 3.63) is 49.1 Å². The molecule has 0 atom stereocenters. The molecule has 0 amide bonds. The Morgan fingerprint density at radius 2 is 2.03 bits per heavy atom. The summed E-state index contributed by atoms with van der Waals surface area (Å²) in [6.45, 7) is 3.24. The van der Waals surface area contributed by atoms with Gasteiger partial charge in [0.15, 0.2) is 6.61 Å². The highest BCUT2D eigenvalue weighted by atomic mass is 32.1. The number of ketones is 1. The predicted octanol–water partition coefficient (Wildman–Crippen LogP) is -0.138. The Labute approximate surface area is 173 Å². The lowest BCUT2D eigenvalue weighted by Gasteiger charge is -2.16. The number of Topliss-reactive ketones (excluding diaryl/α,β-unsaturated/α-hetero) is 1. The Morgan fingerprint density at radius 3 is 2.67 bits per heavy atom. The van der Waals surface area contributed by atoms with E-state index in [0.717, 1.165) is 20.5 Å². The molecule has 3 aromatic rings. The molecule has 0 saturated heterocycles. The summed E-state index contributed by atoms with van der Waals surface area (Å²) in [5, 5.41) is 12.4. The molecule has 0 unspecified atom stereocenters. The van der Waals surface area contributed by atoms with Crippen LogP contribution in [0.4, 0.5) is 5.82 Å². The van der Waals surface area contributed by atoms with E-state index < -0.39 is 35.2 Å². The highest BCUT2D eigenvalue weighted by Gasteiger charge is 2.24. The van der Waals surface area contributed by atoms with E-state index in [4.69, 9.17) is 10.5 Å². The lowest BCUT2D eigenvalue weighted by Crippen LogP contribution is -2.43. The van der Waals surface area contributed by atoms with Crippen LogP contribution in [0.25, 0.3) is 5.69 Å². The monoisotopic (exact) mass is 433 g/mol. The molecule has 0 fully saturated rings. The second kappa shape index (κ2) is 8.41. The van der Waals surface area contributed by atoms with E-state index in [-0.39, 0.29) is 23.2 Å². The summed E-state index contributed by atoms with van der Waals surface area (Å²) in [4.78, 5) is 50.1. The molecule has 3 heterocycles. The molecule has 0 aliphatic carbocycles. The average Bonchev–Trinajstić information content (AvgIpc) is 3.39. The summed E-state index contributed by atoms with van der Waals surface area (Å²) < 4.78 is 8.34. The van der Waals surface area contributed by atoms with Crippen molar-refractivity contribution in [1.29, 1.82) is 0 Å². The maximum Gasteiger partial charge on any atom is 0.351 e. The minimum Gasteiger partial charge on any atom is -0.453 e. The van der Waals surface area contributed by atoms with E-state index in [1.807, 2.05) is 13.8 Å². The van der Waals surface area contributed by atoms with Crippen LogP contribution in [0, 0.1) is 5.92 Å². The van der Waals surface area contributed by atoms with E-state index in [1.165, 1.54) is 18.1 Å². The van der Waals surface area contributed by atoms with Gasteiger partial charge in [-0.3, -0.25) is 18.7 Å². The molecule has 0 aliphatic rings. The number of tetrazole rings is 1. The van der Waals surface area contributed by atoms with Gasteiger partial charge in [0.25, 0.3) is 5.56 Å². The zero-order chi connectivity index (χ0) is 22.0. The number of anilines is 1. The first-order valence-corrected chi connectivity index (χ1v) is 9.70. The molecule has 3 rings (SSSR count). The SMILES string of the molecule is CC(C)Cn1c(N)c(C(=O)COC(=O)c2sccc2-n2cnnn2)c(=O)n(C)c1=O. The number of nitrogens with two attached hydrogens (primary N) is 1. The number of carbonyl (C=O) groups is 2. The number of thiophene rings is 1. The molecule has 0 aromatic carbocycles. The molecule has 13 heteroatoms. The summed E-state index contributed by atoms with van der Waals surface area (Å²) in [6, 6.07) is 1.62. The fourth-order valence-corrected chi connectivity index (χ4v) is 3.53. The van der Waals surface area contributed by atoms with Crippen molar-refractivity contribution in [3.63, 3.8) is 0 Å². The third-order valence-electron chi connectivity index (χ3n) is 4.17. The largest absolute Gasteiger partial charge is 0.453 e. The van der Waals surface area contributed by atoms with Crippen molar-refractivity contribution in [1.82, 2.24) is 29.3 Å². The van der Waals surface area contributed by atoms with E-state index in [9.17, 15) is 19.2 Å². The van der Waals surface area contributed by atoms with Crippen molar-refractivity contribution in [3.8, 4) is 5.69 Å². The molecular formula is C17H19N7O5S. The minimum atomic E-state index is -0.843. The Morgan fingerprint density at radius 1 is 1.30 bits per heavy atom. The van der Waals surface area contributed by atoms with E-state index in [1.54, 1.807) is 11.4 Å². The highest BCUT2D eigenvalue weighted by molar-refractivity contribution is 7.12. The van der Waals surface area contributed by atoms with Crippen LogP contribution in [0.3, 0.4) is 0 Å². The van der Waals surface area contributed by atoms with Crippen molar-refractivity contribution in [2.24, 2.45) is 13.0 Å². The Balaban J connectivity index is 1.85. The molecule has 12 nitrogen and oxygen atoms in total. The van der Waals surface area contributed by atoms with Gasteiger partial charge in [0.05, 0.1) is 5.69 Å². The molecule has 3 aromatic heterocycles. The molecule has 0 bridgehead atoms. The average molecular weight is 433 g/mol. The normalized spacial score (nSPS) is 11.1. The van der Waals surface area contributed by atoms with Crippen molar-refractivity contribution >= 4 is 28.9 Å². The maximum atomic E-state index is 12.7. The van der Waals surface area contributed by atoms with Crippen LogP contribution in [-0.4, -0.2) is 47.7 Å². The topological polar surface area (TPSA) is 157 Å². The molecule has 0 saturated carbocycles. The second-order valence-electron chi connectivity index (χ2n) is 6.80. The van der Waals surface area contributed by atoms with Gasteiger partial charge in [-0.25, -0.2) is 9.59 Å². The van der Waals surface area contributed by atoms with Gasteiger partial charge in [-0.05, 0) is 27.8 Å². The highest BCUT2D eigenvalue weighted by Crippen LogP contribution is 2.21. The number of nitrogens with zero attached hydrogens (tertiary/aromatic N) is 6. The predicted molar refractivity (Wildman–Crippen MR) is 107 cm³/mol. The number of ether oxygens (including phenoxy) is 1. The fourth-order valence-electron chi connectivity index (χ4n) is 2.76. The molecular weight excluding hydrogens is 414 g/mol. The number of aromatic nitrogens is 6. The lowest BCUT2D eigenvalue weighted by atomic mass is 10.1. The molecule has 2 N–H and O–H groups in total. The first-order valence-electron chi connectivity index (χ1n) is 8.82. The van der Waals surface area contributed by atoms with Crippen LogP contribution in [0.2, 0.25) is 0 Å². The van der Waals surface area contributed by atoms with Gasteiger partial charge in [-0.15, -0.1) is 16.4 Å². The van der Waals surface area contributed by atoms with Crippen LogP contribution in [0.15, 0.2) is 27.4 Å². The van der Waals surface area contributed by atoms with Crippen LogP contribution >= 0.6 is 11.3 Å². The quantitative estimate of drug-likeness (QED) is 0.395. The summed E-state index contributed by atoms with van der Waals surface area (Å²) >= 11 is 1.09. The standard InChI is InChI=1S/C17H19N7O5S/c1-9(2)6-23-14(18)12(15(26)22(3)17(23)28)11(25)7-29-16(27)13-10(4-5-30-13)24-8-19-20-21-24/h4-5,8-9H,6-7,18H2,1-3H3. The minimum absolute atomic E-state index is 0.0480. The number of hydrogen-bond acceptors (Lipinski definition) is 10. The van der Waals surface area contributed by atoms with Crippen LogP contribution < -0.4 is 17.0 Å². The third kappa shape index (κ3) is 3.91. The number of esters is 1. The third-order valence-corrected chi connectivity index (χ3v) is 5.05. The molecule has 0 aliphatic heterocycles. The lowest BCUT2D eigenvalue weighted by molar-refractivity contribution is 0.0479. The first kappa shape index (κ1) is 21.1. The van der Waals surface area contributed by atoms with Crippen LogP contribution in [0.5, 0.6) is 0 Å². The van der Waals surface area contributed by atoms with Gasteiger partial charge >= 0.3 is 11.7 Å². The molecule has 0 spiro atoms. The van der Waals surface area contributed by atoms with E-state index in [2.05, 4.69) is 15.5 Å². The number of rotatable bonds is 7. The second-order valence-corrected chi connectivity index (χ2v) is 7.72. The summed E-state index contributed by atoms with van der Waals surface area (Å²) in [5.74, 6) is -1.79. The van der Waals surface area contributed by atoms with Crippen LogP contribution in [-0.2, 0) is 18.3 Å². The zero-order valence-corrected chi connectivity index (χ0v) is 17.3. The summed E-state index contributed by atoms with van der Waals surface area (Å²) in [7, 11) is 1.26. The zero-order valence-electron chi connectivity index (χ0n) is 16.4. The van der Waals surface area contributed by atoms with Gasteiger partial charge in [-0.1, -0.05) is 13.8 Å². The van der Waals surface area contributed by atoms with Gasteiger partial charge in [0.2, 0.25) is 5.78 Å². The fraction of sp³-hybridized carbons (Fsp3) is 0.353. The Bertz CT molecular complexity index is 1210. The van der Waals surface area contributed by atoms with Gasteiger partial charge < -0.3 is 10.5 Å². The van der Waals surface area contributed by atoms with Crippen molar-refractivity contribution in [2.75, 3.05) is 12.3 Å². The first-order chi connectivity index (χ1) is 14.2. The Kier molecular flexibility index (Phi) is 5.91. The van der Waals surface area contributed by atoms with Gasteiger partial charge in [0.1, 0.15) is 22.6 Å². The Hall–Kier alpha value is -3.61.